The number of carboxylic acid groups (broad SMARTS) is 1. The fraction of sp³-hybridized carbons (Fsp3) is 0.231. The van der Waals surface area contributed by atoms with Gasteiger partial charge in [-0.1, -0.05) is 11.8 Å². The molecule has 1 aromatic rings. The smallest absolute Gasteiger partial charge is 0.317 e. The van der Waals surface area contributed by atoms with Crippen LogP contribution in [0.3, 0.4) is 0 Å². The predicted octanol–water partition coefficient (Wildman–Crippen LogP) is 1.37. The van der Waals surface area contributed by atoms with Crippen LogP contribution < -0.4 is 0 Å². The molecule has 0 aliphatic rings. The van der Waals surface area contributed by atoms with Crippen molar-refractivity contribution < 1.29 is 23.8 Å². The van der Waals surface area contributed by atoms with E-state index in [4.69, 9.17) is 5.11 Å². The van der Waals surface area contributed by atoms with Crippen molar-refractivity contribution in [3.63, 3.8) is 0 Å². The Labute approximate surface area is 103 Å². The second-order valence-corrected chi connectivity index (χ2v) is 3.43. The molecule has 1 aromatic carbocycles. The van der Waals surface area contributed by atoms with E-state index >= 15 is 0 Å². The van der Waals surface area contributed by atoms with Gasteiger partial charge in [-0.15, -0.1) is 0 Å². The van der Waals surface area contributed by atoms with Gasteiger partial charge in [-0.05, 0) is 18.2 Å². The number of aliphatic carboxylic acids is 1. The van der Waals surface area contributed by atoms with E-state index in [1.165, 1.54) is 19.2 Å². The fourth-order valence-electron chi connectivity index (χ4n) is 1.24. The number of rotatable bonds is 3. The molecule has 0 saturated carbocycles. The van der Waals surface area contributed by atoms with E-state index in [9.17, 15) is 14.0 Å². The first-order chi connectivity index (χ1) is 8.52. The van der Waals surface area contributed by atoms with Crippen LogP contribution in [-0.4, -0.2) is 24.2 Å². The highest BCUT2D eigenvalue weighted by Crippen LogP contribution is 2.10. The average molecular weight is 250 g/mol. The molecule has 94 valence electrons. The van der Waals surface area contributed by atoms with Gasteiger partial charge in [0.25, 0.3) is 0 Å². The monoisotopic (exact) mass is 250 g/mol. The fourth-order valence-corrected chi connectivity index (χ4v) is 1.24. The molecule has 18 heavy (non-hydrogen) atoms. The molecule has 0 saturated heterocycles. The largest absolute Gasteiger partial charge is 0.481 e. The Morgan fingerprint density at radius 1 is 1.44 bits per heavy atom. The Hall–Kier alpha value is -2.35. The molecular weight excluding hydrogens is 239 g/mol. The van der Waals surface area contributed by atoms with Crippen LogP contribution in [0.4, 0.5) is 4.39 Å². The molecule has 0 bridgehead atoms. The maximum absolute atomic E-state index is 13.2. The van der Waals surface area contributed by atoms with Crippen LogP contribution >= 0.6 is 0 Å². The Kier molecular flexibility index (Phi) is 4.88. The topological polar surface area (TPSA) is 63.6 Å². The van der Waals surface area contributed by atoms with Crippen molar-refractivity contribution in [1.82, 2.24) is 0 Å². The first-order valence-corrected chi connectivity index (χ1v) is 5.09. The zero-order valence-corrected chi connectivity index (χ0v) is 9.70. The van der Waals surface area contributed by atoms with Crippen molar-refractivity contribution in [2.45, 2.75) is 12.8 Å². The second kappa shape index (κ2) is 6.40. The summed E-state index contributed by atoms with van der Waals surface area (Å²) in [7, 11) is 1.26. The highest BCUT2D eigenvalue weighted by atomic mass is 19.1. The third kappa shape index (κ3) is 4.26. The number of benzene rings is 1. The Balaban J connectivity index is 2.84. The molecule has 1 N–H and O–H groups in total. The van der Waals surface area contributed by atoms with Gasteiger partial charge in [0.05, 0.1) is 13.5 Å². The molecule has 0 aliphatic carbocycles. The number of ether oxygens (including phenoxy) is 1. The summed E-state index contributed by atoms with van der Waals surface area (Å²) < 4.78 is 17.7. The zero-order chi connectivity index (χ0) is 13.5. The van der Waals surface area contributed by atoms with Crippen LogP contribution in [0, 0.1) is 17.7 Å². The molecule has 0 spiro atoms. The third-order valence-electron chi connectivity index (χ3n) is 2.08. The van der Waals surface area contributed by atoms with E-state index in [2.05, 4.69) is 16.6 Å². The van der Waals surface area contributed by atoms with Crippen LogP contribution in [0.1, 0.15) is 17.5 Å². The van der Waals surface area contributed by atoms with Crippen molar-refractivity contribution in [3.8, 4) is 11.8 Å². The van der Waals surface area contributed by atoms with Crippen molar-refractivity contribution in [2.24, 2.45) is 0 Å². The summed E-state index contributed by atoms with van der Waals surface area (Å²) in [5.74, 6) is 3.03. The Morgan fingerprint density at radius 3 is 2.78 bits per heavy atom. The minimum absolute atomic E-state index is 0.0624. The van der Waals surface area contributed by atoms with Crippen LogP contribution in [0.5, 0.6) is 0 Å². The van der Waals surface area contributed by atoms with Crippen molar-refractivity contribution in [3.05, 3.63) is 35.1 Å². The number of hydrogen-bond acceptors (Lipinski definition) is 3. The summed E-state index contributed by atoms with van der Waals surface area (Å²) in [5, 5.41) is 8.60. The molecule has 0 unspecified atom stereocenters. The number of carbonyl (C=O) groups excluding carboxylic acids is 1. The summed E-state index contributed by atoms with van der Waals surface area (Å²) in [6.45, 7) is 0. The lowest BCUT2D eigenvalue weighted by molar-refractivity contribution is -0.139. The molecule has 0 heterocycles. The summed E-state index contributed by atoms with van der Waals surface area (Å²) >= 11 is 0. The number of halogens is 1. The molecular formula is C13H11FO4. The molecule has 0 atom stereocenters. The maximum Gasteiger partial charge on any atom is 0.317 e. The quantitative estimate of drug-likeness (QED) is 0.650. The van der Waals surface area contributed by atoms with E-state index in [0.717, 1.165) is 6.07 Å². The van der Waals surface area contributed by atoms with Crippen molar-refractivity contribution in [2.75, 3.05) is 7.11 Å². The number of carboxylic acids is 1. The van der Waals surface area contributed by atoms with E-state index in [1.54, 1.807) is 0 Å². The lowest BCUT2D eigenvalue weighted by Crippen LogP contribution is -2.02. The molecule has 1 rings (SSSR count). The molecule has 0 aromatic heterocycles. The zero-order valence-electron chi connectivity index (χ0n) is 9.70. The molecule has 0 radical (unpaired) electrons. The van der Waals surface area contributed by atoms with Crippen LogP contribution in [0.25, 0.3) is 0 Å². The standard InChI is InChI=1S/C13H11FO4/c1-18-13(17)4-2-3-9-5-6-11(14)10(7-9)8-12(15)16/h5-7H,4,8H2,1H3,(H,15,16). The van der Waals surface area contributed by atoms with Crippen molar-refractivity contribution in [1.29, 1.82) is 0 Å². The van der Waals surface area contributed by atoms with E-state index in [0.29, 0.717) is 5.56 Å². The maximum atomic E-state index is 13.2. The van der Waals surface area contributed by atoms with Gasteiger partial charge in [0.2, 0.25) is 0 Å². The highest BCUT2D eigenvalue weighted by Gasteiger charge is 2.07. The predicted molar refractivity (Wildman–Crippen MR) is 61.3 cm³/mol. The SMILES string of the molecule is COC(=O)CC#Cc1ccc(F)c(CC(=O)O)c1. The van der Waals surface area contributed by atoms with Gasteiger partial charge in [0.1, 0.15) is 12.2 Å². The highest BCUT2D eigenvalue weighted by molar-refractivity contribution is 5.72. The Bertz CT molecular complexity index is 526. The van der Waals surface area contributed by atoms with Crippen molar-refractivity contribution >= 4 is 11.9 Å². The summed E-state index contributed by atoms with van der Waals surface area (Å²) in [6, 6.07) is 3.93. The minimum Gasteiger partial charge on any atom is -0.481 e. The first-order valence-electron chi connectivity index (χ1n) is 5.09. The number of methoxy groups -OCH3 is 1. The number of hydrogen-bond donors (Lipinski definition) is 1. The normalized spacial score (nSPS) is 9.22. The molecule has 0 amide bonds. The van der Waals surface area contributed by atoms with Crippen LogP contribution in [0.15, 0.2) is 18.2 Å². The van der Waals surface area contributed by atoms with E-state index in [-0.39, 0.29) is 12.0 Å². The average Bonchev–Trinajstić information content (AvgIpc) is 2.32. The molecule has 0 aliphatic heterocycles. The van der Waals surface area contributed by atoms with E-state index in [1.807, 2.05) is 0 Å². The van der Waals surface area contributed by atoms with E-state index < -0.39 is 24.2 Å². The van der Waals surface area contributed by atoms with Gasteiger partial charge in [-0.3, -0.25) is 9.59 Å². The van der Waals surface area contributed by atoms with Gasteiger partial charge in [-0.25, -0.2) is 4.39 Å². The summed E-state index contributed by atoms with van der Waals surface area (Å²) in [4.78, 5) is 21.3. The summed E-state index contributed by atoms with van der Waals surface area (Å²) in [5.41, 5.74) is 0.518. The molecule has 5 heteroatoms. The van der Waals surface area contributed by atoms with Gasteiger partial charge in [-0.2, -0.15) is 0 Å². The lowest BCUT2D eigenvalue weighted by atomic mass is 10.1. The summed E-state index contributed by atoms with van der Waals surface area (Å²) in [6.07, 6.45) is -0.472. The third-order valence-corrected chi connectivity index (χ3v) is 2.08. The van der Waals surface area contributed by atoms with Crippen LogP contribution in [-0.2, 0) is 20.7 Å². The van der Waals surface area contributed by atoms with Gasteiger partial charge in [0.15, 0.2) is 0 Å². The minimum atomic E-state index is -1.12. The number of esters is 1. The Morgan fingerprint density at radius 2 is 2.17 bits per heavy atom. The number of carbonyl (C=O) groups is 2. The first kappa shape index (κ1) is 13.7. The lowest BCUT2D eigenvalue weighted by Gasteiger charge is -2.00. The molecule has 4 nitrogen and oxygen atoms in total. The second-order valence-electron chi connectivity index (χ2n) is 3.43. The van der Waals surface area contributed by atoms with Gasteiger partial charge < -0.3 is 9.84 Å². The van der Waals surface area contributed by atoms with Gasteiger partial charge >= 0.3 is 11.9 Å². The molecule has 0 fully saturated rings. The van der Waals surface area contributed by atoms with Gasteiger partial charge in [0, 0.05) is 11.1 Å². The van der Waals surface area contributed by atoms with Crippen LogP contribution in [0.2, 0.25) is 0 Å².